The van der Waals surface area contributed by atoms with Gasteiger partial charge in [-0.25, -0.2) is 0 Å². The monoisotopic (exact) mass is 176 g/mol. The average molecular weight is 176 g/mol. The molecule has 1 aliphatic rings. The molecule has 64 valence electrons. The van der Waals surface area contributed by atoms with Gasteiger partial charge in [0.1, 0.15) is 0 Å². The highest BCUT2D eigenvalue weighted by Crippen LogP contribution is 2.34. The first-order valence-corrected chi connectivity index (χ1v) is 7.95. The molecule has 0 spiro atoms. The summed E-state index contributed by atoms with van der Waals surface area (Å²) in [5.74, 6) is 0. The summed E-state index contributed by atoms with van der Waals surface area (Å²) in [7, 11) is -0.738. The van der Waals surface area contributed by atoms with Crippen molar-refractivity contribution in [1.29, 1.82) is 0 Å². The normalized spacial score (nSPS) is 20.1. The lowest BCUT2D eigenvalue weighted by Gasteiger charge is -2.36. The van der Waals surface area contributed by atoms with E-state index in [0.717, 1.165) is 0 Å². The zero-order chi connectivity index (χ0) is 8.44. The fourth-order valence-electron chi connectivity index (χ4n) is 2.05. The van der Waals surface area contributed by atoms with Crippen molar-refractivity contribution in [3.63, 3.8) is 0 Å². The van der Waals surface area contributed by atoms with Gasteiger partial charge in [-0.3, -0.25) is 0 Å². The van der Waals surface area contributed by atoms with Crippen molar-refractivity contribution < 1.29 is 0 Å². The number of hydrogen-bond donors (Lipinski definition) is 0. The Bertz CT molecular complexity index is 249. The molecular formula is C11H16Si. The van der Waals surface area contributed by atoms with Crippen molar-refractivity contribution in [2.75, 3.05) is 0 Å². The van der Waals surface area contributed by atoms with Gasteiger partial charge in [-0.1, -0.05) is 61.0 Å². The molecular weight excluding hydrogens is 160 g/mol. The van der Waals surface area contributed by atoms with E-state index in [0.29, 0.717) is 0 Å². The van der Waals surface area contributed by atoms with Gasteiger partial charge in [-0.15, -0.1) is 0 Å². The second-order valence-electron chi connectivity index (χ2n) is 4.33. The maximum Gasteiger partial charge on any atom is 0.0548 e. The smallest absolute Gasteiger partial charge is 0.0548 e. The highest BCUT2D eigenvalue weighted by Gasteiger charge is 2.33. The van der Waals surface area contributed by atoms with Gasteiger partial charge in [0, 0.05) is 0 Å². The SMILES string of the molecule is C[Si]1(Cc2ccccc2)CCC1. The summed E-state index contributed by atoms with van der Waals surface area (Å²) in [6.45, 7) is 2.55. The van der Waals surface area contributed by atoms with Crippen LogP contribution in [0.3, 0.4) is 0 Å². The zero-order valence-corrected chi connectivity index (χ0v) is 8.72. The Morgan fingerprint density at radius 3 is 2.33 bits per heavy atom. The van der Waals surface area contributed by atoms with Crippen LogP contribution < -0.4 is 0 Å². The van der Waals surface area contributed by atoms with Crippen LogP contribution in [-0.4, -0.2) is 8.07 Å². The van der Waals surface area contributed by atoms with Crippen molar-refractivity contribution in [3.05, 3.63) is 35.9 Å². The van der Waals surface area contributed by atoms with Crippen LogP contribution in [0, 0.1) is 0 Å². The summed E-state index contributed by atoms with van der Waals surface area (Å²) in [6.07, 6.45) is 1.50. The molecule has 1 saturated heterocycles. The van der Waals surface area contributed by atoms with Gasteiger partial charge in [0.2, 0.25) is 0 Å². The molecule has 1 aromatic rings. The minimum Gasteiger partial charge on any atom is -0.0689 e. The van der Waals surface area contributed by atoms with Crippen LogP contribution in [0.25, 0.3) is 0 Å². The van der Waals surface area contributed by atoms with E-state index in [-0.39, 0.29) is 0 Å². The summed E-state index contributed by atoms with van der Waals surface area (Å²) < 4.78 is 0. The zero-order valence-electron chi connectivity index (χ0n) is 7.72. The first-order chi connectivity index (χ1) is 5.79. The lowest BCUT2D eigenvalue weighted by atomic mass is 10.2. The number of rotatable bonds is 2. The Balaban J connectivity index is 2.04. The van der Waals surface area contributed by atoms with Crippen LogP contribution >= 0.6 is 0 Å². The van der Waals surface area contributed by atoms with Crippen LogP contribution in [0.1, 0.15) is 12.0 Å². The predicted molar refractivity (Wildman–Crippen MR) is 56.0 cm³/mol. The first kappa shape index (κ1) is 8.05. The van der Waals surface area contributed by atoms with E-state index in [4.69, 9.17) is 0 Å². The van der Waals surface area contributed by atoms with E-state index in [2.05, 4.69) is 36.9 Å². The molecule has 0 N–H and O–H groups in total. The number of hydrogen-bond acceptors (Lipinski definition) is 0. The van der Waals surface area contributed by atoms with Gasteiger partial charge in [0.05, 0.1) is 8.07 Å². The van der Waals surface area contributed by atoms with Gasteiger partial charge < -0.3 is 0 Å². The summed E-state index contributed by atoms with van der Waals surface area (Å²) in [6, 6.07) is 15.5. The van der Waals surface area contributed by atoms with Crippen molar-refractivity contribution in [2.24, 2.45) is 0 Å². The quantitative estimate of drug-likeness (QED) is 0.607. The Labute approximate surface area is 75.6 Å². The van der Waals surface area contributed by atoms with Crippen LogP contribution in [-0.2, 0) is 6.04 Å². The maximum atomic E-state index is 2.55. The molecule has 12 heavy (non-hydrogen) atoms. The number of benzene rings is 1. The molecule has 0 saturated carbocycles. The Kier molecular flexibility index (Phi) is 2.05. The first-order valence-electron chi connectivity index (χ1n) is 4.82. The highest BCUT2D eigenvalue weighted by molar-refractivity contribution is 6.80. The molecule has 0 bridgehead atoms. The van der Waals surface area contributed by atoms with Gasteiger partial charge in [0.25, 0.3) is 0 Å². The molecule has 1 aromatic carbocycles. The summed E-state index contributed by atoms with van der Waals surface area (Å²) in [5.41, 5.74) is 1.56. The molecule has 0 aliphatic carbocycles. The lowest BCUT2D eigenvalue weighted by molar-refractivity contribution is 0.879. The molecule has 1 heteroatoms. The van der Waals surface area contributed by atoms with Crippen LogP contribution in [0.4, 0.5) is 0 Å². The minimum atomic E-state index is -0.738. The molecule has 1 fully saturated rings. The fraction of sp³-hybridized carbons (Fsp3) is 0.455. The Morgan fingerprint density at radius 1 is 1.17 bits per heavy atom. The molecule has 0 atom stereocenters. The van der Waals surface area contributed by atoms with Crippen molar-refractivity contribution in [1.82, 2.24) is 0 Å². The van der Waals surface area contributed by atoms with Gasteiger partial charge in [-0.05, 0) is 6.04 Å². The molecule has 0 aromatic heterocycles. The predicted octanol–water partition coefficient (Wildman–Crippen LogP) is 3.25. The topological polar surface area (TPSA) is 0 Å². The summed E-state index contributed by atoms with van der Waals surface area (Å²) >= 11 is 0. The third kappa shape index (κ3) is 1.61. The average Bonchev–Trinajstić information content (AvgIpc) is 2.04. The largest absolute Gasteiger partial charge is 0.0689 e. The highest BCUT2D eigenvalue weighted by atomic mass is 28.3. The van der Waals surface area contributed by atoms with Crippen molar-refractivity contribution in [3.8, 4) is 0 Å². The van der Waals surface area contributed by atoms with E-state index in [9.17, 15) is 0 Å². The van der Waals surface area contributed by atoms with Gasteiger partial charge in [0.15, 0.2) is 0 Å². The van der Waals surface area contributed by atoms with E-state index in [1.165, 1.54) is 12.5 Å². The molecule has 1 heterocycles. The maximum absolute atomic E-state index is 2.55. The standard InChI is InChI=1S/C11H16Si/c1-12(8-5-9-12)10-11-6-3-2-4-7-11/h2-4,6-7H,5,8-10H2,1H3. The fourth-order valence-corrected chi connectivity index (χ4v) is 5.18. The lowest BCUT2D eigenvalue weighted by Crippen LogP contribution is -2.40. The van der Waals surface area contributed by atoms with E-state index in [1.807, 2.05) is 0 Å². The van der Waals surface area contributed by atoms with Crippen molar-refractivity contribution in [2.45, 2.75) is 31.1 Å². The second kappa shape index (κ2) is 3.06. The van der Waals surface area contributed by atoms with E-state index >= 15 is 0 Å². The van der Waals surface area contributed by atoms with E-state index in [1.54, 1.807) is 17.7 Å². The van der Waals surface area contributed by atoms with Gasteiger partial charge >= 0.3 is 0 Å². The molecule has 2 rings (SSSR count). The molecule has 0 unspecified atom stereocenters. The third-order valence-electron chi connectivity index (χ3n) is 3.03. The van der Waals surface area contributed by atoms with E-state index < -0.39 is 8.07 Å². The van der Waals surface area contributed by atoms with Crippen LogP contribution in [0.5, 0.6) is 0 Å². The Hall–Kier alpha value is -0.563. The minimum absolute atomic E-state index is 0.738. The molecule has 1 aliphatic heterocycles. The molecule has 0 radical (unpaired) electrons. The van der Waals surface area contributed by atoms with Gasteiger partial charge in [-0.2, -0.15) is 0 Å². The summed E-state index contributed by atoms with van der Waals surface area (Å²) in [4.78, 5) is 0. The molecule has 0 amide bonds. The Morgan fingerprint density at radius 2 is 1.83 bits per heavy atom. The third-order valence-corrected chi connectivity index (χ3v) is 7.42. The van der Waals surface area contributed by atoms with Crippen LogP contribution in [0.2, 0.25) is 18.6 Å². The van der Waals surface area contributed by atoms with Crippen LogP contribution in [0.15, 0.2) is 30.3 Å². The summed E-state index contributed by atoms with van der Waals surface area (Å²) in [5, 5.41) is 0. The second-order valence-corrected chi connectivity index (χ2v) is 9.30. The molecule has 0 nitrogen and oxygen atoms in total. The van der Waals surface area contributed by atoms with Crippen molar-refractivity contribution >= 4 is 8.07 Å².